The number of hydrogen-bond donors (Lipinski definition) is 1. The summed E-state index contributed by atoms with van der Waals surface area (Å²) in [6.45, 7) is 7.45. The van der Waals surface area contributed by atoms with Gasteiger partial charge in [-0.2, -0.15) is 4.99 Å². The van der Waals surface area contributed by atoms with Crippen LogP contribution < -0.4 is 10.1 Å². The van der Waals surface area contributed by atoms with Crippen LogP contribution in [0.1, 0.15) is 58.3 Å². The number of carbonyl (C=O) groups excluding carboxylic acids is 4. The van der Waals surface area contributed by atoms with Crippen molar-refractivity contribution in [2.45, 2.75) is 46.6 Å². The Balaban J connectivity index is 1.43. The van der Waals surface area contributed by atoms with E-state index in [1.54, 1.807) is 26.0 Å². The number of fused-ring (bicyclic) bond motifs is 2. The molecule has 41 heavy (non-hydrogen) atoms. The first kappa shape index (κ1) is 30.9. The predicted octanol–water partition coefficient (Wildman–Crippen LogP) is 4.44. The molecule has 2 heterocycles. The molecular formula is C28H33N3O7S3. The molecule has 0 fully saturated rings. The predicted molar refractivity (Wildman–Crippen MR) is 161 cm³/mol. The lowest BCUT2D eigenvalue weighted by Crippen LogP contribution is -2.21. The molecule has 0 saturated heterocycles. The third-order valence-electron chi connectivity index (χ3n) is 6.19. The van der Waals surface area contributed by atoms with E-state index in [2.05, 4.69) is 10.3 Å². The highest BCUT2D eigenvalue weighted by Gasteiger charge is 2.28. The average molecular weight is 620 g/mol. The molecule has 0 aliphatic heterocycles. The molecule has 1 aromatic carbocycles. The van der Waals surface area contributed by atoms with Crippen molar-refractivity contribution >= 4 is 73.4 Å². The van der Waals surface area contributed by atoms with Crippen LogP contribution in [0.2, 0.25) is 0 Å². The van der Waals surface area contributed by atoms with Crippen LogP contribution in [0.15, 0.2) is 23.2 Å². The molecule has 1 aliphatic carbocycles. The van der Waals surface area contributed by atoms with Crippen LogP contribution in [-0.2, 0) is 43.2 Å². The zero-order chi connectivity index (χ0) is 29.4. The van der Waals surface area contributed by atoms with Gasteiger partial charge < -0.3 is 24.1 Å². The molecule has 2 amide bonds. The van der Waals surface area contributed by atoms with E-state index >= 15 is 0 Å². The number of hydrogen-bond acceptors (Lipinski definition) is 10. The summed E-state index contributed by atoms with van der Waals surface area (Å²) in [6, 6.07) is 5.25. The van der Waals surface area contributed by atoms with Gasteiger partial charge in [0.1, 0.15) is 5.00 Å². The van der Waals surface area contributed by atoms with Gasteiger partial charge >= 0.3 is 11.9 Å². The van der Waals surface area contributed by atoms with Gasteiger partial charge in [0.25, 0.3) is 5.91 Å². The summed E-state index contributed by atoms with van der Waals surface area (Å²) in [5, 5.41) is 3.36. The summed E-state index contributed by atoms with van der Waals surface area (Å²) in [5.74, 6) is -1.46. The zero-order valence-electron chi connectivity index (χ0n) is 23.3. The van der Waals surface area contributed by atoms with E-state index in [4.69, 9.17) is 14.2 Å². The molecule has 1 aliphatic rings. The Kier molecular flexibility index (Phi) is 11.1. The molecule has 0 spiro atoms. The van der Waals surface area contributed by atoms with Crippen LogP contribution in [0.3, 0.4) is 0 Å². The number of amides is 2. The number of rotatable bonds is 13. The minimum atomic E-state index is -0.417. The van der Waals surface area contributed by atoms with E-state index in [9.17, 15) is 19.2 Å². The molecule has 4 rings (SSSR count). The summed E-state index contributed by atoms with van der Waals surface area (Å²) >= 11 is 3.88. The Labute approximate surface area is 250 Å². The Bertz CT molecular complexity index is 1510. The number of ether oxygens (including phenoxy) is 3. The van der Waals surface area contributed by atoms with Gasteiger partial charge in [0.15, 0.2) is 4.80 Å². The van der Waals surface area contributed by atoms with E-state index in [1.807, 2.05) is 17.6 Å². The quantitative estimate of drug-likeness (QED) is 0.220. The maximum atomic E-state index is 12.8. The molecule has 0 radical (unpaired) electrons. The topological polar surface area (TPSA) is 125 Å². The fourth-order valence-corrected chi connectivity index (χ4v) is 7.47. The smallest absolute Gasteiger partial charge is 0.341 e. The fourth-order valence-electron chi connectivity index (χ4n) is 4.46. The highest BCUT2D eigenvalue weighted by Crippen LogP contribution is 2.39. The molecule has 1 N–H and O–H groups in total. The van der Waals surface area contributed by atoms with Crippen molar-refractivity contribution in [2.24, 2.45) is 4.99 Å². The van der Waals surface area contributed by atoms with Gasteiger partial charge in [0.05, 0.1) is 52.7 Å². The van der Waals surface area contributed by atoms with Crippen molar-refractivity contribution in [3.8, 4) is 0 Å². The highest BCUT2D eigenvalue weighted by molar-refractivity contribution is 8.00. The van der Waals surface area contributed by atoms with Crippen molar-refractivity contribution in [3.05, 3.63) is 44.6 Å². The number of aromatic nitrogens is 1. The van der Waals surface area contributed by atoms with Gasteiger partial charge in [0, 0.05) is 18.0 Å². The third-order valence-corrected chi connectivity index (χ3v) is 9.36. The number of nitrogens with one attached hydrogen (secondary N) is 1. The van der Waals surface area contributed by atoms with Crippen LogP contribution in [0.25, 0.3) is 10.2 Å². The molecule has 220 valence electrons. The monoisotopic (exact) mass is 619 g/mol. The molecule has 10 nitrogen and oxygen atoms in total. The first-order chi connectivity index (χ1) is 19.9. The maximum absolute atomic E-state index is 12.8. The van der Waals surface area contributed by atoms with E-state index in [0.29, 0.717) is 40.7 Å². The normalized spacial score (nSPS) is 12.9. The molecule has 13 heteroatoms. The van der Waals surface area contributed by atoms with E-state index in [0.717, 1.165) is 51.7 Å². The summed E-state index contributed by atoms with van der Waals surface area (Å²) < 4.78 is 18.5. The van der Waals surface area contributed by atoms with Crippen LogP contribution in [-0.4, -0.2) is 66.3 Å². The van der Waals surface area contributed by atoms with Crippen molar-refractivity contribution in [3.63, 3.8) is 0 Å². The van der Waals surface area contributed by atoms with E-state index < -0.39 is 11.9 Å². The molecule has 0 saturated carbocycles. The molecule has 2 aromatic heterocycles. The lowest BCUT2D eigenvalue weighted by Gasteiger charge is -2.08. The number of nitrogens with zero attached hydrogens (tertiary/aromatic N) is 2. The number of thiazole rings is 1. The van der Waals surface area contributed by atoms with Crippen molar-refractivity contribution in [2.75, 3.05) is 43.3 Å². The molecular weight excluding hydrogens is 587 g/mol. The molecule has 0 atom stereocenters. The van der Waals surface area contributed by atoms with E-state index in [1.165, 1.54) is 22.7 Å². The Hall–Kier alpha value is -3.00. The summed E-state index contributed by atoms with van der Waals surface area (Å²) in [4.78, 5) is 56.1. The van der Waals surface area contributed by atoms with Crippen LogP contribution in [0.4, 0.5) is 5.00 Å². The van der Waals surface area contributed by atoms with Gasteiger partial charge in [0.2, 0.25) is 5.91 Å². The minimum Gasteiger partial charge on any atom is -0.462 e. The second kappa shape index (κ2) is 14.8. The number of anilines is 1. The average Bonchev–Trinajstić information content (AvgIpc) is 3.61. The number of benzene rings is 1. The number of thiophene rings is 1. The van der Waals surface area contributed by atoms with Crippen molar-refractivity contribution < 1.29 is 33.4 Å². The summed E-state index contributed by atoms with van der Waals surface area (Å²) in [6.07, 6.45) is 2.67. The van der Waals surface area contributed by atoms with Gasteiger partial charge in [-0.25, -0.2) is 9.59 Å². The molecule has 0 bridgehead atoms. The van der Waals surface area contributed by atoms with Crippen molar-refractivity contribution in [1.82, 2.24) is 4.57 Å². The molecule has 3 aromatic rings. The van der Waals surface area contributed by atoms with Gasteiger partial charge in [-0.15, -0.1) is 23.1 Å². The minimum absolute atomic E-state index is 0.00682. The van der Waals surface area contributed by atoms with Crippen molar-refractivity contribution in [1.29, 1.82) is 0 Å². The van der Waals surface area contributed by atoms with Gasteiger partial charge in [-0.1, -0.05) is 11.3 Å². The Morgan fingerprint density at radius 2 is 1.78 bits per heavy atom. The van der Waals surface area contributed by atoms with Crippen LogP contribution in [0.5, 0.6) is 0 Å². The Morgan fingerprint density at radius 3 is 2.54 bits per heavy atom. The SMILES string of the molecule is CCOCCn1c(=NC(=O)CSCC(=O)Nc2sc3c(c2C(=O)OCC)CCC3)sc2cc(C(=O)OCC)ccc21. The largest absolute Gasteiger partial charge is 0.462 e. The van der Waals surface area contributed by atoms with Crippen LogP contribution in [0, 0.1) is 0 Å². The van der Waals surface area contributed by atoms with Gasteiger partial charge in [-0.05, 0) is 63.8 Å². The standard InChI is InChI=1S/C28H33N3O7S3/c1-4-36-13-12-31-19-11-10-17(26(34)37-5-2)14-21(19)41-28(31)30-23(33)16-39-15-22(32)29-25-24(27(35)38-6-3)18-8-7-9-20(18)40-25/h10-11,14H,4-9,12-13,15-16H2,1-3H3,(H,29,32). The highest BCUT2D eigenvalue weighted by atomic mass is 32.2. The lowest BCUT2D eigenvalue weighted by molar-refractivity contribution is -0.115. The number of aryl methyl sites for hydroxylation is 1. The van der Waals surface area contributed by atoms with Gasteiger partial charge in [-0.3, -0.25) is 9.59 Å². The Morgan fingerprint density at radius 1 is 1.00 bits per heavy atom. The third kappa shape index (κ3) is 7.64. The number of esters is 2. The first-order valence-corrected chi connectivity index (χ1v) is 16.3. The zero-order valence-corrected chi connectivity index (χ0v) is 25.7. The fraction of sp³-hybridized carbons (Fsp3) is 0.464. The number of carbonyl (C=O) groups is 4. The lowest BCUT2D eigenvalue weighted by atomic mass is 10.1. The summed E-state index contributed by atoms with van der Waals surface area (Å²) in [5.41, 5.74) is 2.70. The van der Waals surface area contributed by atoms with E-state index in [-0.39, 0.29) is 36.5 Å². The number of thioether (sulfide) groups is 1. The maximum Gasteiger partial charge on any atom is 0.341 e. The first-order valence-electron chi connectivity index (χ1n) is 13.5. The summed E-state index contributed by atoms with van der Waals surface area (Å²) in [7, 11) is 0. The van der Waals surface area contributed by atoms with Crippen LogP contribution >= 0.6 is 34.4 Å². The molecule has 0 unspecified atom stereocenters. The second-order valence-electron chi connectivity index (χ2n) is 8.96. The second-order valence-corrected chi connectivity index (χ2v) is 12.1.